The number of aromatic nitrogens is 2. The molecule has 5 heteroatoms. The summed E-state index contributed by atoms with van der Waals surface area (Å²) in [5.41, 5.74) is 3.72. The summed E-state index contributed by atoms with van der Waals surface area (Å²) < 4.78 is 1.56. The van der Waals surface area contributed by atoms with Gasteiger partial charge in [0, 0.05) is 11.3 Å². The summed E-state index contributed by atoms with van der Waals surface area (Å²) in [7, 11) is 0. The van der Waals surface area contributed by atoms with Gasteiger partial charge in [-0.3, -0.25) is 14.2 Å². The van der Waals surface area contributed by atoms with Crippen molar-refractivity contribution in [3.05, 3.63) is 100 Å². The number of hydrogen-bond acceptors (Lipinski definition) is 3. The number of anilines is 1. The molecule has 0 spiro atoms. The van der Waals surface area contributed by atoms with E-state index < -0.39 is 0 Å². The smallest absolute Gasteiger partial charge is 0.265 e. The molecule has 150 valence electrons. The summed E-state index contributed by atoms with van der Waals surface area (Å²) in [4.78, 5) is 30.1. The van der Waals surface area contributed by atoms with Gasteiger partial charge >= 0.3 is 0 Å². The van der Waals surface area contributed by atoms with E-state index in [1.54, 1.807) is 41.8 Å². The fourth-order valence-corrected chi connectivity index (χ4v) is 3.46. The van der Waals surface area contributed by atoms with Crippen LogP contribution in [0.15, 0.2) is 77.6 Å². The number of benzene rings is 3. The maximum atomic E-state index is 12.9. The highest BCUT2D eigenvalue weighted by molar-refractivity contribution is 6.04. The number of amides is 1. The molecule has 1 aromatic heterocycles. The van der Waals surface area contributed by atoms with E-state index in [-0.39, 0.29) is 11.5 Å². The highest BCUT2D eigenvalue weighted by Gasteiger charge is 2.11. The van der Waals surface area contributed by atoms with Crippen LogP contribution in [0.2, 0.25) is 0 Å². The molecule has 0 aliphatic rings. The number of fused-ring (bicyclic) bond motifs is 1. The average molecular weight is 397 g/mol. The second-order valence-electron chi connectivity index (χ2n) is 7.59. The minimum atomic E-state index is -0.195. The van der Waals surface area contributed by atoms with E-state index in [2.05, 4.69) is 24.1 Å². The summed E-state index contributed by atoms with van der Waals surface area (Å²) in [6.45, 7) is 6.07. The van der Waals surface area contributed by atoms with E-state index in [1.807, 2.05) is 42.5 Å². The van der Waals surface area contributed by atoms with E-state index in [0.717, 1.165) is 5.69 Å². The van der Waals surface area contributed by atoms with Crippen LogP contribution in [-0.4, -0.2) is 15.5 Å². The third-order valence-electron chi connectivity index (χ3n) is 5.17. The molecule has 5 nitrogen and oxygen atoms in total. The van der Waals surface area contributed by atoms with Gasteiger partial charge in [0.05, 0.1) is 16.6 Å². The Balaban J connectivity index is 1.59. The Labute approximate surface area is 175 Å². The third-order valence-corrected chi connectivity index (χ3v) is 5.17. The minimum absolute atomic E-state index is 0.124. The maximum absolute atomic E-state index is 12.9. The van der Waals surface area contributed by atoms with Crippen LogP contribution >= 0.6 is 0 Å². The zero-order chi connectivity index (χ0) is 21.3. The van der Waals surface area contributed by atoms with E-state index >= 15 is 0 Å². The molecule has 1 heterocycles. The topological polar surface area (TPSA) is 64.0 Å². The minimum Gasteiger partial charge on any atom is -0.322 e. The summed E-state index contributed by atoms with van der Waals surface area (Å²) in [6.07, 6.45) is 0. The van der Waals surface area contributed by atoms with Gasteiger partial charge < -0.3 is 5.32 Å². The van der Waals surface area contributed by atoms with E-state index in [9.17, 15) is 9.59 Å². The zero-order valence-electron chi connectivity index (χ0n) is 17.2. The lowest BCUT2D eigenvalue weighted by molar-refractivity contribution is 0.102. The molecular weight excluding hydrogens is 374 g/mol. The van der Waals surface area contributed by atoms with Gasteiger partial charge in [-0.15, -0.1) is 0 Å². The molecule has 1 N–H and O–H groups in total. The van der Waals surface area contributed by atoms with Crippen molar-refractivity contribution in [2.45, 2.75) is 26.7 Å². The van der Waals surface area contributed by atoms with Crippen molar-refractivity contribution >= 4 is 22.5 Å². The predicted octanol–water partition coefficient (Wildman–Crippen LogP) is 5.07. The number of nitrogens with one attached hydrogen (secondary N) is 1. The Hall–Kier alpha value is -3.73. The highest BCUT2D eigenvalue weighted by Crippen LogP contribution is 2.18. The monoisotopic (exact) mass is 397 g/mol. The van der Waals surface area contributed by atoms with Gasteiger partial charge in [0.2, 0.25) is 0 Å². The molecule has 0 aliphatic carbocycles. The lowest BCUT2D eigenvalue weighted by Crippen LogP contribution is -2.22. The average Bonchev–Trinajstić information content (AvgIpc) is 2.74. The molecule has 0 atom stereocenters. The first kappa shape index (κ1) is 19.6. The number of aryl methyl sites for hydroxylation is 1. The van der Waals surface area contributed by atoms with E-state index in [0.29, 0.717) is 33.9 Å². The fraction of sp³-hybridized carbons (Fsp3) is 0.160. The normalized spacial score (nSPS) is 11.1. The molecule has 0 unspecified atom stereocenters. The van der Waals surface area contributed by atoms with Crippen molar-refractivity contribution in [3.63, 3.8) is 0 Å². The van der Waals surface area contributed by atoms with Crippen molar-refractivity contribution < 1.29 is 4.79 Å². The van der Waals surface area contributed by atoms with E-state index in [1.165, 1.54) is 5.56 Å². The molecule has 0 saturated carbocycles. The molecule has 0 fully saturated rings. The fourth-order valence-electron chi connectivity index (χ4n) is 3.46. The molecule has 4 aromatic rings. The van der Waals surface area contributed by atoms with Gasteiger partial charge in [0.25, 0.3) is 11.5 Å². The van der Waals surface area contributed by atoms with Crippen molar-refractivity contribution in [2.24, 2.45) is 0 Å². The van der Waals surface area contributed by atoms with Crippen LogP contribution in [0.25, 0.3) is 16.6 Å². The quantitative estimate of drug-likeness (QED) is 0.523. The molecule has 1 amide bonds. The SMILES string of the molecule is Cc1nc2ccccc2c(=O)n1-c1ccc(C(=O)Nc2ccc(C(C)C)cc2)cc1. The Morgan fingerprint density at radius 1 is 0.933 bits per heavy atom. The molecule has 0 aliphatic heterocycles. The first-order valence-electron chi connectivity index (χ1n) is 9.94. The van der Waals surface area contributed by atoms with Crippen LogP contribution in [0.1, 0.15) is 41.5 Å². The van der Waals surface area contributed by atoms with Gasteiger partial charge in [-0.05, 0) is 66.9 Å². The number of para-hydroxylation sites is 1. The number of nitrogens with zero attached hydrogens (tertiary/aromatic N) is 2. The Bertz CT molecular complexity index is 1270. The lowest BCUT2D eigenvalue weighted by Gasteiger charge is -2.12. The summed E-state index contributed by atoms with van der Waals surface area (Å²) in [5.74, 6) is 0.847. The third kappa shape index (κ3) is 3.74. The van der Waals surface area contributed by atoms with Crippen LogP contribution in [0.5, 0.6) is 0 Å². The van der Waals surface area contributed by atoms with Crippen molar-refractivity contribution in [2.75, 3.05) is 5.32 Å². The standard InChI is InChI=1S/C25H23N3O2/c1-16(2)18-8-12-20(13-9-18)27-24(29)19-10-14-21(15-11-19)28-17(3)26-23-7-5-4-6-22(23)25(28)30/h4-16H,1-3H3,(H,27,29). The first-order valence-corrected chi connectivity index (χ1v) is 9.94. The predicted molar refractivity (Wildman–Crippen MR) is 121 cm³/mol. The van der Waals surface area contributed by atoms with Crippen LogP contribution in [0, 0.1) is 6.92 Å². The number of rotatable bonds is 4. The molecule has 0 saturated heterocycles. The van der Waals surface area contributed by atoms with Crippen molar-refractivity contribution in [3.8, 4) is 5.69 Å². The van der Waals surface area contributed by atoms with Crippen LogP contribution in [-0.2, 0) is 0 Å². The first-order chi connectivity index (χ1) is 14.4. The molecule has 30 heavy (non-hydrogen) atoms. The molecule has 0 radical (unpaired) electrons. The maximum Gasteiger partial charge on any atom is 0.265 e. The largest absolute Gasteiger partial charge is 0.322 e. The van der Waals surface area contributed by atoms with Gasteiger partial charge in [-0.25, -0.2) is 4.98 Å². The second-order valence-corrected chi connectivity index (χ2v) is 7.59. The molecular formula is C25H23N3O2. The van der Waals surface area contributed by atoms with Gasteiger partial charge in [-0.1, -0.05) is 38.1 Å². The Morgan fingerprint density at radius 3 is 2.27 bits per heavy atom. The number of carbonyl (C=O) groups is 1. The zero-order valence-corrected chi connectivity index (χ0v) is 17.2. The number of carbonyl (C=O) groups excluding carboxylic acids is 1. The Morgan fingerprint density at radius 2 is 1.60 bits per heavy atom. The number of hydrogen-bond donors (Lipinski definition) is 1. The van der Waals surface area contributed by atoms with Crippen LogP contribution in [0.4, 0.5) is 5.69 Å². The Kier molecular flexibility index (Phi) is 5.19. The molecule has 0 bridgehead atoms. The van der Waals surface area contributed by atoms with Gasteiger partial charge in [-0.2, -0.15) is 0 Å². The van der Waals surface area contributed by atoms with Crippen molar-refractivity contribution in [1.82, 2.24) is 9.55 Å². The van der Waals surface area contributed by atoms with Crippen molar-refractivity contribution in [1.29, 1.82) is 0 Å². The summed E-state index contributed by atoms with van der Waals surface area (Å²) in [5, 5.41) is 3.48. The second kappa shape index (κ2) is 7.95. The lowest BCUT2D eigenvalue weighted by atomic mass is 10.0. The van der Waals surface area contributed by atoms with E-state index in [4.69, 9.17) is 0 Å². The van der Waals surface area contributed by atoms with Gasteiger partial charge in [0.15, 0.2) is 0 Å². The highest BCUT2D eigenvalue weighted by atomic mass is 16.1. The van der Waals surface area contributed by atoms with Gasteiger partial charge in [0.1, 0.15) is 5.82 Å². The summed E-state index contributed by atoms with van der Waals surface area (Å²) >= 11 is 0. The van der Waals surface area contributed by atoms with Crippen LogP contribution < -0.4 is 10.9 Å². The summed E-state index contributed by atoms with van der Waals surface area (Å²) in [6, 6.07) is 22.1. The molecule has 4 rings (SSSR count). The van der Waals surface area contributed by atoms with Crippen LogP contribution in [0.3, 0.4) is 0 Å². The molecule has 3 aromatic carbocycles.